The van der Waals surface area contributed by atoms with E-state index in [1.54, 1.807) is 54.7 Å². The van der Waals surface area contributed by atoms with Crippen LogP contribution in [0.3, 0.4) is 0 Å². The number of ether oxygens (including phenoxy) is 4. The fraction of sp³-hybridized carbons (Fsp3) is 0.161. The zero-order valence-corrected chi connectivity index (χ0v) is 23.3. The van der Waals surface area contributed by atoms with Gasteiger partial charge in [0.2, 0.25) is 0 Å². The van der Waals surface area contributed by atoms with Crippen molar-refractivity contribution in [1.29, 1.82) is 0 Å². The first kappa shape index (κ1) is 27.7. The Hall–Kier alpha value is -4.82. The van der Waals surface area contributed by atoms with Gasteiger partial charge < -0.3 is 24.7 Å². The van der Waals surface area contributed by atoms with Crippen LogP contribution in [-0.4, -0.2) is 44.4 Å². The molecule has 1 aromatic heterocycles. The van der Waals surface area contributed by atoms with Gasteiger partial charge in [-0.2, -0.15) is 0 Å². The van der Waals surface area contributed by atoms with Crippen LogP contribution in [0.5, 0.6) is 17.2 Å². The maximum Gasteiger partial charge on any atom is 0.261 e. The number of hydrogen-bond acceptors (Lipinski definition) is 8. The Morgan fingerprint density at radius 3 is 2.29 bits per heavy atom. The third-order valence-electron chi connectivity index (χ3n) is 6.69. The van der Waals surface area contributed by atoms with Gasteiger partial charge in [-0.15, -0.1) is 0 Å². The number of benzene rings is 3. The Morgan fingerprint density at radius 2 is 1.71 bits per heavy atom. The van der Waals surface area contributed by atoms with Gasteiger partial charge in [-0.05, 0) is 66.2 Å². The maximum absolute atomic E-state index is 14.2. The van der Waals surface area contributed by atoms with Gasteiger partial charge in [0.15, 0.2) is 6.23 Å². The summed E-state index contributed by atoms with van der Waals surface area (Å²) in [6.07, 6.45) is 0.701. The topological polar surface area (TPSA) is 113 Å². The number of nitrogens with two attached hydrogens (primary N) is 1. The summed E-state index contributed by atoms with van der Waals surface area (Å²) in [7, 11) is 4.45. The number of fused-ring (bicyclic) bond motifs is 1. The molecule has 208 valence electrons. The van der Waals surface area contributed by atoms with E-state index in [1.165, 1.54) is 32.3 Å². The van der Waals surface area contributed by atoms with Crippen LogP contribution in [0.4, 0.5) is 11.4 Å². The van der Waals surface area contributed by atoms with Gasteiger partial charge in [0.05, 0.1) is 30.7 Å². The molecule has 1 unspecified atom stereocenters. The summed E-state index contributed by atoms with van der Waals surface area (Å²) in [5.74, 6) is 2.57. The minimum atomic E-state index is -0.957. The fourth-order valence-electron chi connectivity index (χ4n) is 4.79. The Bertz CT molecular complexity index is 1730. The summed E-state index contributed by atoms with van der Waals surface area (Å²) in [6.45, 7) is 0.136. The molecule has 1 aliphatic heterocycles. The molecule has 10 heteroatoms. The number of methoxy groups -OCH3 is 3. The second kappa shape index (κ2) is 11.7. The molecular formula is C31H26ClN3O6. The molecule has 41 heavy (non-hydrogen) atoms. The number of rotatable bonds is 8. The molecule has 1 amide bonds. The molecule has 0 aliphatic carbocycles. The summed E-state index contributed by atoms with van der Waals surface area (Å²) < 4.78 is 22.9. The predicted molar refractivity (Wildman–Crippen MR) is 155 cm³/mol. The molecule has 1 atom stereocenters. The highest BCUT2D eigenvalue weighted by atomic mass is 35.5. The number of carbonyl (C=O) groups excluding carboxylic acids is 2. The average molecular weight is 572 g/mol. The van der Waals surface area contributed by atoms with Gasteiger partial charge >= 0.3 is 0 Å². The van der Waals surface area contributed by atoms with Crippen LogP contribution in [0.15, 0.2) is 72.9 Å². The summed E-state index contributed by atoms with van der Waals surface area (Å²) in [6, 6.07) is 18.8. The molecule has 2 heterocycles. The third kappa shape index (κ3) is 5.21. The van der Waals surface area contributed by atoms with E-state index in [-0.39, 0.29) is 22.4 Å². The lowest BCUT2D eigenvalue weighted by atomic mass is 9.91. The van der Waals surface area contributed by atoms with E-state index in [1.807, 2.05) is 18.1 Å². The van der Waals surface area contributed by atoms with E-state index in [4.69, 9.17) is 36.3 Å². The zero-order valence-electron chi connectivity index (χ0n) is 22.5. The highest BCUT2D eigenvalue weighted by Gasteiger charge is 2.37. The predicted octanol–water partition coefficient (Wildman–Crippen LogP) is 3.25. The van der Waals surface area contributed by atoms with Crippen LogP contribution in [0, 0.1) is 0 Å². The lowest BCUT2D eigenvalue weighted by Crippen LogP contribution is -2.53. The second-order valence-electron chi connectivity index (χ2n) is 9.07. The normalized spacial score (nSPS) is 14.3. The Kier molecular flexibility index (Phi) is 7.94. The number of carbonyl (C=O) groups is 1. The van der Waals surface area contributed by atoms with Gasteiger partial charge in [-0.1, -0.05) is 17.7 Å². The Morgan fingerprint density at radius 1 is 1.00 bits per heavy atom. The molecule has 0 saturated carbocycles. The molecular weight excluding hydrogens is 546 g/mol. The van der Waals surface area contributed by atoms with E-state index in [0.29, 0.717) is 50.7 Å². The van der Waals surface area contributed by atoms with Crippen molar-refractivity contribution in [2.45, 2.75) is 12.8 Å². The van der Waals surface area contributed by atoms with Gasteiger partial charge in [0.25, 0.3) is 5.91 Å². The van der Waals surface area contributed by atoms with Crippen molar-refractivity contribution in [2.24, 2.45) is 0 Å². The fourth-order valence-corrected chi connectivity index (χ4v) is 5.05. The third-order valence-corrected chi connectivity index (χ3v) is 7.06. The van der Waals surface area contributed by atoms with Crippen molar-refractivity contribution < 1.29 is 28.5 Å². The SMILES string of the molecule is COc1cc(C2=c3c(cc(OCc4ccccn4)cc3=C=O)C(=O)N(c3ccc(N)cc3)C2OC)cc(OC)c1Cl. The molecule has 0 bridgehead atoms. The first-order valence-electron chi connectivity index (χ1n) is 12.5. The van der Waals surface area contributed by atoms with Crippen molar-refractivity contribution in [3.05, 3.63) is 105 Å². The van der Waals surface area contributed by atoms with E-state index in [9.17, 15) is 9.59 Å². The lowest BCUT2D eigenvalue weighted by Gasteiger charge is -2.36. The lowest BCUT2D eigenvalue weighted by molar-refractivity contribution is 0.0859. The van der Waals surface area contributed by atoms with Gasteiger partial charge in [0.1, 0.15) is 34.8 Å². The van der Waals surface area contributed by atoms with Gasteiger partial charge in [0, 0.05) is 35.5 Å². The van der Waals surface area contributed by atoms with Crippen molar-refractivity contribution in [2.75, 3.05) is 32.0 Å². The first-order valence-corrected chi connectivity index (χ1v) is 12.9. The first-order chi connectivity index (χ1) is 19.9. The van der Waals surface area contributed by atoms with Gasteiger partial charge in [-0.3, -0.25) is 14.7 Å². The zero-order chi connectivity index (χ0) is 29.1. The average Bonchev–Trinajstić information content (AvgIpc) is 3.01. The number of halogens is 1. The molecule has 0 radical (unpaired) electrons. The van der Waals surface area contributed by atoms with E-state index in [2.05, 4.69) is 4.98 Å². The summed E-state index contributed by atoms with van der Waals surface area (Å²) in [4.78, 5) is 32.3. The largest absolute Gasteiger partial charge is 0.495 e. The van der Waals surface area contributed by atoms with Crippen LogP contribution >= 0.6 is 11.6 Å². The molecule has 0 fully saturated rings. The molecule has 1 aliphatic rings. The monoisotopic (exact) mass is 571 g/mol. The number of anilines is 2. The number of aromatic nitrogens is 1. The molecule has 3 aromatic carbocycles. The standard InChI is InChI=1S/C31H26ClN3O6/c1-38-25-13-18(14-26(39-2)29(25)32)28-27-19(16-36)12-23(41-17-21-6-4-5-11-34-21)15-24(27)30(37)35(31(28)40-3)22-9-7-20(33)8-10-22/h4-15,31H,17,33H2,1-3H3. The minimum Gasteiger partial charge on any atom is -0.495 e. The maximum atomic E-state index is 14.2. The van der Waals surface area contributed by atoms with Crippen LogP contribution < -0.4 is 35.3 Å². The van der Waals surface area contributed by atoms with E-state index in [0.717, 1.165) is 0 Å². The minimum absolute atomic E-state index is 0.119. The second-order valence-corrected chi connectivity index (χ2v) is 9.45. The Balaban J connectivity index is 1.81. The highest BCUT2D eigenvalue weighted by molar-refractivity contribution is 6.33. The number of pyridine rings is 1. The van der Waals surface area contributed by atoms with Crippen LogP contribution in [-0.2, 0) is 16.1 Å². The summed E-state index contributed by atoms with van der Waals surface area (Å²) >= 11 is 6.47. The van der Waals surface area contributed by atoms with Crippen molar-refractivity contribution in [1.82, 2.24) is 4.98 Å². The molecule has 0 saturated heterocycles. The number of nitrogen functional groups attached to an aromatic ring is 1. The molecule has 4 aromatic rings. The summed E-state index contributed by atoms with van der Waals surface area (Å²) in [5.41, 5.74) is 8.95. The quantitative estimate of drug-likeness (QED) is 0.321. The molecule has 9 nitrogen and oxygen atoms in total. The molecule has 2 N–H and O–H groups in total. The molecule has 5 rings (SSSR count). The van der Waals surface area contributed by atoms with E-state index >= 15 is 0 Å². The van der Waals surface area contributed by atoms with Gasteiger partial charge in [-0.25, -0.2) is 4.79 Å². The van der Waals surface area contributed by atoms with Crippen LogP contribution in [0.25, 0.3) is 5.57 Å². The number of nitrogens with zero attached hydrogens (tertiary/aromatic N) is 2. The van der Waals surface area contributed by atoms with Crippen molar-refractivity contribution >= 4 is 40.4 Å². The summed E-state index contributed by atoms with van der Waals surface area (Å²) in [5, 5.41) is 0.741. The molecule has 0 spiro atoms. The number of amides is 1. The smallest absolute Gasteiger partial charge is 0.261 e. The Labute approximate surface area is 241 Å². The van der Waals surface area contributed by atoms with Crippen LogP contribution in [0.1, 0.15) is 21.6 Å². The highest BCUT2D eigenvalue weighted by Crippen LogP contribution is 2.39. The van der Waals surface area contributed by atoms with Crippen LogP contribution in [0.2, 0.25) is 5.02 Å². The van der Waals surface area contributed by atoms with Crippen molar-refractivity contribution in [3.63, 3.8) is 0 Å². The number of hydrogen-bond donors (Lipinski definition) is 1. The van der Waals surface area contributed by atoms with E-state index < -0.39 is 12.1 Å². The van der Waals surface area contributed by atoms with Crippen molar-refractivity contribution in [3.8, 4) is 17.2 Å².